The van der Waals surface area contributed by atoms with Gasteiger partial charge in [0.05, 0.1) is 17.2 Å². The standard InChI is InChI=1S/C20H22ClN3O4/c1-4-27-16-10-12(9-14(21)18(16)28-11-17(25)24(2)3)19-22-15-8-6-5-7-13(15)20(26)23-19/h5-10,19,22H,4,11H2,1-3H3,(H,23,26)/t19-/m0/s1. The SMILES string of the molecule is CCOc1cc([C@@H]2NC(=O)c3ccccc3N2)cc(Cl)c1OCC(=O)N(C)C. The monoisotopic (exact) mass is 403 g/mol. The van der Waals surface area contributed by atoms with Crippen LogP contribution in [-0.4, -0.2) is 44.0 Å². The molecule has 2 amide bonds. The highest BCUT2D eigenvalue weighted by atomic mass is 35.5. The van der Waals surface area contributed by atoms with Gasteiger partial charge in [-0.3, -0.25) is 9.59 Å². The van der Waals surface area contributed by atoms with Gasteiger partial charge < -0.3 is 25.0 Å². The van der Waals surface area contributed by atoms with Crippen molar-refractivity contribution in [2.24, 2.45) is 0 Å². The number of fused-ring (bicyclic) bond motifs is 1. The van der Waals surface area contributed by atoms with E-state index in [0.717, 1.165) is 5.69 Å². The maximum Gasteiger partial charge on any atom is 0.259 e. The van der Waals surface area contributed by atoms with E-state index >= 15 is 0 Å². The van der Waals surface area contributed by atoms with E-state index in [-0.39, 0.29) is 18.4 Å². The second-order valence-corrected chi connectivity index (χ2v) is 6.84. The van der Waals surface area contributed by atoms with E-state index < -0.39 is 6.17 Å². The lowest BCUT2D eigenvalue weighted by Gasteiger charge is -2.28. The predicted molar refractivity (Wildman–Crippen MR) is 107 cm³/mol. The van der Waals surface area contributed by atoms with Crippen LogP contribution >= 0.6 is 11.6 Å². The number of ether oxygens (including phenoxy) is 2. The van der Waals surface area contributed by atoms with Crippen molar-refractivity contribution >= 4 is 29.1 Å². The molecular formula is C20H22ClN3O4. The maximum atomic E-state index is 12.4. The number of anilines is 1. The van der Waals surface area contributed by atoms with Crippen molar-refractivity contribution < 1.29 is 19.1 Å². The molecule has 7 nitrogen and oxygen atoms in total. The van der Waals surface area contributed by atoms with Gasteiger partial charge in [0.2, 0.25) is 0 Å². The minimum atomic E-state index is -0.475. The van der Waals surface area contributed by atoms with Gasteiger partial charge >= 0.3 is 0 Å². The third kappa shape index (κ3) is 4.14. The Morgan fingerprint density at radius 1 is 1.18 bits per heavy atom. The highest BCUT2D eigenvalue weighted by Gasteiger charge is 2.26. The summed E-state index contributed by atoms with van der Waals surface area (Å²) in [5.41, 5.74) is 2.03. The van der Waals surface area contributed by atoms with Crippen molar-refractivity contribution in [2.45, 2.75) is 13.1 Å². The topological polar surface area (TPSA) is 79.9 Å². The first-order valence-electron chi connectivity index (χ1n) is 8.86. The summed E-state index contributed by atoms with van der Waals surface area (Å²) in [7, 11) is 3.30. The lowest BCUT2D eigenvalue weighted by Crippen LogP contribution is -2.38. The van der Waals surface area contributed by atoms with Gasteiger partial charge in [0.25, 0.3) is 11.8 Å². The molecule has 0 fully saturated rings. The molecule has 1 heterocycles. The van der Waals surface area contributed by atoms with Gasteiger partial charge in [-0.15, -0.1) is 0 Å². The zero-order chi connectivity index (χ0) is 20.3. The summed E-state index contributed by atoms with van der Waals surface area (Å²) >= 11 is 6.42. The number of amides is 2. The molecule has 8 heteroatoms. The second kappa shape index (κ2) is 8.39. The largest absolute Gasteiger partial charge is 0.490 e. The van der Waals surface area contributed by atoms with E-state index in [9.17, 15) is 9.59 Å². The maximum absolute atomic E-state index is 12.4. The Bertz CT molecular complexity index is 901. The molecule has 148 valence electrons. The molecular weight excluding hydrogens is 382 g/mol. The quantitative estimate of drug-likeness (QED) is 0.774. The molecule has 28 heavy (non-hydrogen) atoms. The molecule has 0 spiro atoms. The molecule has 0 saturated carbocycles. The van der Waals surface area contributed by atoms with Crippen LogP contribution in [0.2, 0.25) is 5.02 Å². The van der Waals surface area contributed by atoms with Gasteiger partial charge in [-0.05, 0) is 36.8 Å². The normalized spacial score (nSPS) is 15.1. The van der Waals surface area contributed by atoms with Crippen LogP contribution < -0.4 is 20.1 Å². The first-order valence-corrected chi connectivity index (χ1v) is 9.24. The summed E-state index contributed by atoms with van der Waals surface area (Å²) in [5, 5.41) is 6.48. The molecule has 0 saturated heterocycles. The molecule has 1 atom stereocenters. The third-order valence-electron chi connectivity index (χ3n) is 4.25. The number of carbonyl (C=O) groups is 2. The molecule has 1 aliphatic rings. The minimum absolute atomic E-state index is 0.155. The molecule has 1 aliphatic heterocycles. The van der Waals surface area contributed by atoms with Gasteiger partial charge in [0.1, 0.15) is 6.17 Å². The summed E-state index contributed by atoms with van der Waals surface area (Å²) in [4.78, 5) is 25.6. The number of carbonyl (C=O) groups excluding carboxylic acids is 2. The average Bonchev–Trinajstić information content (AvgIpc) is 2.67. The molecule has 0 radical (unpaired) electrons. The van der Waals surface area contributed by atoms with Crippen molar-refractivity contribution in [3.8, 4) is 11.5 Å². The van der Waals surface area contributed by atoms with Crippen LogP contribution in [0.25, 0.3) is 0 Å². The number of benzene rings is 2. The van der Waals surface area contributed by atoms with E-state index in [1.54, 1.807) is 32.3 Å². The number of likely N-dealkylation sites (N-methyl/N-ethyl adjacent to an activating group) is 1. The minimum Gasteiger partial charge on any atom is -0.490 e. The third-order valence-corrected chi connectivity index (χ3v) is 4.53. The van der Waals surface area contributed by atoms with E-state index in [4.69, 9.17) is 21.1 Å². The summed E-state index contributed by atoms with van der Waals surface area (Å²) in [6.07, 6.45) is -0.475. The van der Waals surface area contributed by atoms with Crippen LogP contribution in [0.15, 0.2) is 36.4 Å². The van der Waals surface area contributed by atoms with E-state index in [2.05, 4.69) is 10.6 Å². The summed E-state index contributed by atoms with van der Waals surface area (Å²) in [6.45, 7) is 2.08. The Kier molecular flexibility index (Phi) is 5.94. The fourth-order valence-electron chi connectivity index (χ4n) is 2.79. The summed E-state index contributed by atoms with van der Waals surface area (Å²) in [6, 6.07) is 10.7. The highest BCUT2D eigenvalue weighted by molar-refractivity contribution is 6.32. The van der Waals surface area contributed by atoms with Crippen LogP contribution in [0.4, 0.5) is 5.69 Å². The van der Waals surface area contributed by atoms with Gasteiger partial charge in [-0.25, -0.2) is 0 Å². The fourth-order valence-corrected chi connectivity index (χ4v) is 3.07. The number of nitrogens with one attached hydrogen (secondary N) is 2. The number of hydrogen-bond donors (Lipinski definition) is 2. The van der Waals surface area contributed by atoms with Gasteiger partial charge in [-0.1, -0.05) is 23.7 Å². The summed E-state index contributed by atoms with van der Waals surface area (Å²) < 4.78 is 11.3. The van der Waals surface area contributed by atoms with Gasteiger partial charge in [0, 0.05) is 19.8 Å². The second-order valence-electron chi connectivity index (χ2n) is 6.44. The Labute approximate surface area is 168 Å². The Hall–Kier alpha value is -2.93. The lowest BCUT2D eigenvalue weighted by molar-refractivity contribution is -0.130. The average molecular weight is 404 g/mol. The zero-order valence-corrected chi connectivity index (χ0v) is 16.7. The van der Waals surface area contributed by atoms with Crippen molar-refractivity contribution in [3.63, 3.8) is 0 Å². The van der Waals surface area contributed by atoms with Crippen LogP contribution in [-0.2, 0) is 4.79 Å². The molecule has 2 N–H and O–H groups in total. The summed E-state index contributed by atoms with van der Waals surface area (Å²) in [5.74, 6) is 0.335. The van der Waals surface area contributed by atoms with Crippen LogP contribution in [0.3, 0.4) is 0 Å². The number of rotatable bonds is 6. The smallest absolute Gasteiger partial charge is 0.259 e. The number of para-hydroxylation sites is 1. The van der Waals surface area contributed by atoms with E-state index in [1.807, 2.05) is 25.1 Å². The molecule has 2 aromatic carbocycles. The fraction of sp³-hybridized carbons (Fsp3) is 0.300. The highest BCUT2D eigenvalue weighted by Crippen LogP contribution is 2.39. The predicted octanol–water partition coefficient (Wildman–Crippen LogP) is 3.06. The molecule has 0 bridgehead atoms. The Balaban J connectivity index is 1.89. The lowest BCUT2D eigenvalue weighted by atomic mass is 10.1. The van der Waals surface area contributed by atoms with E-state index in [0.29, 0.717) is 34.3 Å². The molecule has 2 aromatic rings. The van der Waals surface area contributed by atoms with E-state index in [1.165, 1.54) is 4.90 Å². The number of halogens is 1. The molecule has 0 unspecified atom stereocenters. The molecule has 3 rings (SSSR count). The van der Waals surface area contributed by atoms with Crippen LogP contribution in [0.5, 0.6) is 11.5 Å². The molecule has 0 aromatic heterocycles. The Morgan fingerprint density at radius 2 is 1.93 bits per heavy atom. The van der Waals surface area contributed by atoms with Crippen molar-refractivity contribution in [2.75, 3.05) is 32.6 Å². The zero-order valence-electron chi connectivity index (χ0n) is 15.9. The van der Waals surface area contributed by atoms with Gasteiger partial charge in [-0.2, -0.15) is 0 Å². The van der Waals surface area contributed by atoms with Crippen LogP contribution in [0, 0.1) is 0 Å². The number of nitrogens with zero attached hydrogens (tertiary/aromatic N) is 1. The number of hydrogen-bond acceptors (Lipinski definition) is 5. The Morgan fingerprint density at radius 3 is 2.64 bits per heavy atom. The first-order chi connectivity index (χ1) is 13.4. The van der Waals surface area contributed by atoms with Crippen molar-refractivity contribution in [1.29, 1.82) is 0 Å². The molecule has 0 aliphatic carbocycles. The van der Waals surface area contributed by atoms with Gasteiger partial charge in [0.15, 0.2) is 18.1 Å². The first kappa shape index (κ1) is 19.8. The van der Waals surface area contributed by atoms with Crippen molar-refractivity contribution in [3.05, 3.63) is 52.5 Å². The van der Waals surface area contributed by atoms with Crippen molar-refractivity contribution in [1.82, 2.24) is 10.2 Å². The van der Waals surface area contributed by atoms with Crippen LogP contribution in [0.1, 0.15) is 29.0 Å².